The van der Waals surface area contributed by atoms with Crippen molar-refractivity contribution >= 4 is 17.2 Å². The molecular formula is C23H24N2O5S. The molecule has 1 aliphatic rings. The molecule has 7 nitrogen and oxygen atoms in total. The molecule has 0 N–H and O–H groups in total. The van der Waals surface area contributed by atoms with Gasteiger partial charge in [-0.2, -0.15) is 0 Å². The maximum absolute atomic E-state index is 13.1. The van der Waals surface area contributed by atoms with Crippen molar-refractivity contribution in [3.8, 4) is 33.6 Å². The highest BCUT2D eigenvalue weighted by molar-refractivity contribution is 7.13. The van der Waals surface area contributed by atoms with Crippen LogP contribution in [0.1, 0.15) is 21.6 Å². The number of aromatic nitrogens is 1. The highest BCUT2D eigenvalue weighted by Crippen LogP contribution is 2.35. The van der Waals surface area contributed by atoms with Crippen LogP contribution in [-0.4, -0.2) is 50.8 Å². The third-order valence-corrected chi connectivity index (χ3v) is 6.25. The predicted molar refractivity (Wildman–Crippen MR) is 119 cm³/mol. The normalized spacial score (nSPS) is 12.8. The number of carbonyl (C=O) groups excluding carboxylic acids is 1. The molecule has 0 aliphatic carbocycles. The van der Waals surface area contributed by atoms with Crippen LogP contribution in [0.5, 0.6) is 23.0 Å². The van der Waals surface area contributed by atoms with E-state index in [4.69, 9.17) is 18.9 Å². The fourth-order valence-corrected chi connectivity index (χ4v) is 4.48. The lowest BCUT2D eigenvalue weighted by Crippen LogP contribution is -2.36. The molecule has 4 rings (SSSR count). The number of hydrogen-bond donors (Lipinski definition) is 0. The molecule has 3 aromatic rings. The number of amides is 1. The smallest absolute Gasteiger partial charge is 0.273 e. The fourth-order valence-electron chi connectivity index (χ4n) is 3.69. The molecule has 0 radical (unpaired) electrons. The number of carbonyl (C=O) groups is 1. The Morgan fingerprint density at radius 2 is 1.55 bits per heavy atom. The van der Waals surface area contributed by atoms with E-state index in [0.717, 1.165) is 22.6 Å². The first-order valence-corrected chi connectivity index (χ1v) is 10.7. The first kappa shape index (κ1) is 21.0. The standard InChI is InChI=1S/C23H24N2O5S/c1-27-18-6-5-15(10-19(18)28-2)22-24-17(13-31-22)23(26)25-8-7-14-9-20(29-3)21(30-4)11-16(14)12-25/h5-6,9-11,13H,7-8,12H2,1-4H3. The van der Waals surface area contributed by atoms with Crippen molar-refractivity contribution < 1.29 is 23.7 Å². The lowest BCUT2D eigenvalue weighted by molar-refractivity contribution is 0.0729. The van der Waals surface area contributed by atoms with Gasteiger partial charge in [-0.1, -0.05) is 0 Å². The molecule has 0 spiro atoms. The maximum atomic E-state index is 13.1. The molecule has 1 amide bonds. The van der Waals surface area contributed by atoms with Gasteiger partial charge in [0.1, 0.15) is 10.7 Å². The molecule has 0 fully saturated rings. The molecule has 162 valence electrons. The zero-order valence-electron chi connectivity index (χ0n) is 17.9. The van der Waals surface area contributed by atoms with Crippen LogP contribution in [0.25, 0.3) is 10.6 Å². The van der Waals surface area contributed by atoms with Crippen molar-refractivity contribution in [1.29, 1.82) is 0 Å². The second kappa shape index (κ2) is 8.85. The molecule has 0 unspecified atom stereocenters. The Bertz CT molecular complexity index is 1110. The van der Waals surface area contributed by atoms with Gasteiger partial charge in [0, 0.05) is 24.0 Å². The number of thiazole rings is 1. The van der Waals surface area contributed by atoms with Crippen LogP contribution in [-0.2, 0) is 13.0 Å². The van der Waals surface area contributed by atoms with E-state index < -0.39 is 0 Å². The quantitative estimate of drug-likeness (QED) is 0.576. The van der Waals surface area contributed by atoms with Crippen molar-refractivity contribution in [2.75, 3.05) is 35.0 Å². The van der Waals surface area contributed by atoms with Gasteiger partial charge in [0.25, 0.3) is 5.91 Å². The van der Waals surface area contributed by atoms with E-state index in [0.29, 0.717) is 41.8 Å². The van der Waals surface area contributed by atoms with Gasteiger partial charge in [-0.05, 0) is 47.9 Å². The Balaban J connectivity index is 1.55. The lowest BCUT2D eigenvalue weighted by Gasteiger charge is -2.29. The molecule has 2 aromatic carbocycles. The number of hydrogen-bond acceptors (Lipinski definition) is 7. The average Bonchev–Trinajstić information content (AvgIpc) is 3.32. The Kier molecular flexibility index (Phi) is 5.99. The number of benzene rings is 2. The summed E-state index contributed by atoms with van der Waals surface area (Å²) in [6.07, 6.45) is 0.758. The minimum Gasteiger partial charge on any atom is -0.493 e. The maximum Gasteiger partial charge on any atom is 0.273 e. The molecule has 0 saturated carbocycles. The van der Waals surface area contributed by atoms with Crippen LogP contribution >= 0.6 is 11.3 Å². The Morgan fingerprint density at radius 1 is 0.903 bits per heavy atom. The summed E-state index contributed by atoms with van der Waals surface area (Å²) in [5.41, 5.74) is 3.56. The summed E-state index contributed by atoms with van der Waals surface area (Å²) in [6, 6.07) is 9.55. The number of fused-ring (bicyclic) bond motifs is 1. The molecule has 1 aromatic heterocycles. The monoisotopic (exact) mass is 440 g/mol. The Hall–Kier alpha value is -3.26. The predicted octanol–water partition coefficient (Wildman–Crippen LogP) is 4.04. The largest absolute Gasteiger partial charge is 0.493 e. The van der Waals surface area contributed by atoms with Crippen molar-refractivity contribution in [2.45, 2.75) is 13.0 Å². The van der Waals surface area contributed by atoms with Crippen LogP contribution in [0.3, 0.4) is 0 Å². The molecule has 8 heteroatoms. The number of ether oxygens (including phenoxy) is 4. The second-order valence-corrected chi connectivity index (χ2v) is 7.92. The van der Waals surface area contributed by atoms with Gasteiger partial charge >= 0.3 is 0 Å². The van der Waals surface area contributed by atoms with Gasteiger partial charge in [0.2, 0.25) is 0 Å². The summed E-state index contributed by atoms with van der Waals surface area (Å²) in [7, 11) is 6.43. The van der Waals surface area contributed by atoms with Crippen LogP contribution < -0.4 is 18.9 Å². The van der Waals surface area contributed by atoms with E-state index in [-0.39, 0.29) is 5.91 Å². The minimum absolute atomic E-state index is 0.0802. The molecule has 1 aliphatic heterocycles. The molecule has 0 bridgehead atoms. The van der Waals surface area contributed by atoms with E-state index in [1.165, 1.54) is 16.9 Å². The summed E-state index contributed by atoms with van der Waals surface area (Å²) < 4.78 is 21.5. The fraction of sp³-hybridized carbons (Fsp3) is 0.304. The molecule has 2 heterocycles. The SMILES string of the molecule is COc1ccc(-c2nc(C(=O)N3CCc4cc(OC)c(OC)cc4C3)cs2)cc1OC. The Morgan fingerprint density at radius 3 is 2.23 bits per heavy atom. The Labute approximate surface area is 185 Å². The minimum atomic E-state index is -0.0802. The van der Waals surface area contributed by atoms with E-state index in [1.54, 1.807) is 33.8 Å². The first-order valence-electron chi connectivity index (χ1n) is 9.79. The number of methoxy groups -OCH3 is 4. The van der Waals surface area contributed by atoms with Crippen molar-refractivity contribution in [2.24, 2.45) is 0 Å². The third-order valence-electron chi connectivity index (χ3n) is 5.36. The van der Waals surface area contributed by atoms with Crippen molar-refractivity contribution in [3.63, 3.8) is 0 Å². The summed E-state index contributed by atoms with van der Waals surface area (Å²) in [4.78, 5) is 19.5. The van der Waals surface area contributed by atoms with Gasteiger partial charge in [-0.3, -0.25) is 4.79 Å². The molecular weight excluding hydrogens is 416 g/mol. The highest BCUT2D eigenvalue weighted by atomic mass is 32.1. The highest BCUT2D eigenvalue weighted by Gasteiger charge is 2.25. The number of nitrogens with zero attached hydrogens (tertiary/aromatic N) is 2. The molecule has 0 saturated heterocycles. The van der Waals surface area contributed by atoms with Crippen LogP contribution in [0.4, 0.5) is 0 Å². The van der Waals surface area contributed by atoms with Crippen LogP contribution in [0, 0.1) is 0 Å². The summed E-state index contributed by atoms with van der Waals surface area (Å²) in [6.45, 7) is 1.14. The summed E-state index contributed by atoms with van der Waals surface area (Å²) in [5.74, 6) is 2.57. The third kappa shape index (κ3) is 4.03. The van der Waals surface area contributed by atoms with Gasteiger partial charge < -0.3 is 23.8 Å². The molecule has 0 atom stereocenters. The first-order chi connectivity index (χ1) is 15.1. The summed E-state index contributed by atoms with van der Waals surface area (Å²) >= 11 is 1.43. The zero-order chi connectivity index (χ0) is 22.0. The average molecular weight is 441 g/mol. The van der Waals surface area contributed by atoms with Gasteiger partial charge in [0.05, 0.1) is 28.4 Å². The van der Waals surface area contributed by atoms with E-state index in [2.05, 4.69) is 4.98 Å². The van der Waals surface area contributed by atoms with Crippen molar-refractivity contribution in [1.82, 2.24) is 9.88 Å². The van der Waals surface area contributed by atoms with E-state index in [1.807, 2.05) is 35.2 Å². The van der Waals surface area contributed by atoms with Crippen LogP contribution in [0.15, 0.2) is 35.7 Å². The topological polar surface area (TPSA) is 70.1 Å². The number of rotatable bonds is 6. The van der Waals surface area contributed by atoms with Gasteiger partial charge in [-0.15, -0.1) is 11.3 Å². The van der Waals surface area contributed by atoms with Crippen molar-refractivity contribution in [3.05, 3.63) is 52.5 Å². The van der Waals surface area contributed by atoms with E-state index in [9.17, 15) is 4.79 Å². The van der Waals surface area contributed by atoms with E-state index >= 15 is 0 Å². The zero-order valence-corrected chi connectivity index (χ0v) is 18.7. The van der Waals surface area contributed by atoms with Gasteiger partial charge in [0.15, 0.2) is 23.0 Å². The molecule has 31 heavy (non-hydrogen) atoms. The van der Waals surface area contributed by atoms with Gasteiger partial charge in [-0.25, -0.2) is 4.98 Å². The second-order valence-electron chi connectivity index (χ2n) is 7.06. The summed E-state index contributed by atoms with van der Waals surface area (Å²) in [5, 5.41) is 2.56. The van der Waals surface area contributed by atoms with Crippen LogP contribution in [0.2, 0.25) is 0 Å². The lowest BCUT2D eigenvalue weighted by atomic mass is 9.98.